The van der Waals surface area contributed by atoms with E-state index in [1.54, 1.807) is 13.0 Å². The van der Waals surface area contributed by atoms with E-state index in [0.29, 0.717) is 17.9 Å². The molecule has 0 bridgehead atoms. The molecule has 18 heavy (non-hydrogen) atoms. The van der Waals surface area contributed by atoms with Crippen molar-refractivity contribution >= 4 is 11.4 Å². The number of aryl methyl sites for hydroxylation is 1. The van der Waals surface area contributed by atoms with Crippen LogP contribution in [-0.4, -0.2) is 24.6 Å². The Balaban J connectivity index is 2.43. The number of nitro benzene ring substituents is 1. The first-order valence-corrected chi connectivity index (χ1v) is 6.30. The molecule has 1 heterocycles. The van der Waals surface area contributed by atoms with E-state index in [1.165, 1.54) is 12.8 Å². The molecule has 1 aliphatic rings. The predicted molar refractivity (Wildman–Crippen MR) is 70.4 cm³/mol. The van der Waals surface area contributed by atoms with Crippen LogP contribution in [0.5, 0.6) is 5.75 Å². The Morgan fingerprint density at radius 1 is 1.39 bits per heavy atom. The summed E-state index contributed by atoms with van der Waals surface area (Å²) >= 11 is 0. The average molecular weight is 250 g/mol. The van der Waals surface area contributed by atoms with Gasteiger partial charge in [0.1, 0.15) is 5.75 Å². The molecule has 1 aliphatic heterocycles. The van der Waals surface area contributed by atoms with Crippen LogP contribution in [0.15, 0.2) is 12.1 Å². The van der Waals surface area contributed by atoms with Gasteiger partial charge in [0.25, 0.3) is 5.69 Å². The molecule has 0 amide bonds. The van der Waals surface area contributed by atoms with Crippen molar-refractivity contribution in [3.63, 3.8) is 0 Å². The lowest BCUT2D eigenvalue weighted by Gasteiger charge is -2.21. The number of ether oxygens (including phenoxy) is 1. The van der Waals surface area contributed by atoms with Gasteiger partial charge < -0.3 is 9.64 Å². The normalized spacial score (nSPS) is 14.9. The average Bonchev–Trinajstić information content (AvgIpc) is 2.84. The van der Waals surface area contributed by atoms with E-state index >= 15 is 0 Å². The van der Waals surface area contributed by atoms with Crippen molar-refractivity contribution in [2.45, 2.75) is 26.7 Å². The highest BCUT2D eigenvalue weighted by atomic mass is 16.6. The van der Waals surface area contributed by atoms with Gasteiger partial charge in [-0.15, -0.1) is 0 Å². The van der Waals surface area contributed by atoms with Gasteiger partial charge >= 0.3 is 0 Å². The van der Waals surface area contributed by atoms with Crippen molar-refractivity contribution in [2.24, 2.45) is 0 Å². The maximum atomic E-state index is 10.9. The lowest BCUT2D eigenvalue weighted by Crippen LogP contribution is -2.19. The number of anilines is 1. The maximum Gasteiger partial charge on any atom is 0.276 e. The Morgan fingerprint density at radius 2 is 2.06 bits per heavy atom. The molecule has 5 heteroatoms. The van der Waals surface area contributed by atoms with E-state index in [4.69, 9.17) is 4.74 Å². The summed E-state index contributed by atoms with van der Waals surface area (Å²) < 4.78 is 5.55. The topological polar surface area (TPSA) is 55.6 Å². The molecule has 1 aromatic carbocycles. The number of nitrogens with zero attached hydrogens (tertiary/aromatic N) is 2. The van der Waals surface area contributed by atoms with Crippen LogP contribution in [-0.2, 0) is 0 Å². The third-order valence-electron chi connectivity index (χ3n) is 3.22. The first-order valence-electron chi connectivity index (χ1n) is 6.30. The highest BCUT2D eigenvalue weighted by Gasteiger charge is 2.21. The summed E-state index contributed by atoms with van der Waals surface area (Å²) in [7, 11) is 0. The highest BCUT2D eigenvalue weighted by molar-refractivity contribution is 5.65. The molecule has 5 nitrogen and oxygen atoms in total. The summed E-state index contributed by atoms with van der Waals surface area (Å²) in [5, 5.41) is 10.9. The summed E-state index contributed by atoms with van der Waals surface area (Å²) in [6, 6.07) is 3.42. The fourth-order valence-corrected chi connectivity index (χ4v) is 2.34. The van der Waals surface area contributed by atoms with Gasteiger partial charge in [-0.05, 0) is 32.8 Å². The zero-order valence-electron chi connectivity index (χ0n) is 10.8. The van der Waals surface area contributed by atoms with Crippen LogP contribution in [0.3, 0.4) is 0 Å². The van der Waals surface area contributed by atoms with E-state index in [9.17, 15) is 10.1 Å². The number of hydrogen-bond acceptors (Lipinski definition) is 4. The Bertz CT molecular complexity index is 454. The Hall–Kier alpha value is -1.78. The molecule has 1 saturated heterocycles. The molecule has 0 aromatic heterocycles. The molecule has 98 valence electrons. The zero-order chi connectivity index (χ0) is 13.1. The molecule has 1 aromatic rings. The maximum absolute atomic E-state index is 10.9. The predicted octanol–water partition coefficient (Wildman–Crippen LogP) is 2.90. The summed E-state index contributed by atoms with van der Waals surface area (Å²) in [5.74, 6) is 0.622. The van der Waals surface area contributed by atoms with Gasteiger partial charge in [0.05, 0.1) is 23.3 Å². The lowest BCUT2D eigenvalue weighted by atomic mass is 10.1. The van der Waals surface area contributed by atoms with E-state index in [1.807, 2.05) is 13.0 Å². The fraction of sp³-hybridized carbons (Fsp3) is 0.538. The van der Waals surface area contributed by atoms with Crippen LogP contribution in [0, 0.1) is 17.0 Å². The summed E-state index contributed by atoms with van der Waals surface area (Å²) in [5.41, 5.74) is 1.80. The van der Waals surface area contributed by atoms with Gasteiger partial charge in [-0.1, -0.05) is 0 Å². The molecule has 1 fully saturated rings. The largest absolute Gasteiger partial charge is 0.491 e. The van der Waals surface area contributed by atoms with Crippen LogP contribution in [0.4, 0.5) is 11.4 Å². The number of rotatable bonds is 4. The monoisotopic (exact) mass is 250 g/mol. The molecule has 0 radical (unpaired) electrons. The van der Waals surface area contributed by atoms with Crippen LogP contribution in [0.2, 0.25) is 0 Å². The Labute approximate surface area is 107 Å². The molecule has 0 N–H and O–H groups in total. The van der Waals surface area contributed by atoms with E-state index in [-0.39, 0.29) is 10.6 Å². The summed E-state index contributed by atoms with van der Waals surface area (Å²) in [4.78, 5) is 12.8. The Kier molecular flexibility index (Phi) is 3.69. The fourth-order valence-electron chi connectivity index (χ4n) is 2.34. The molecular weight excluding hydrogens is 232 g/mol. The summed E-state index contributed by atoms with van der Waals surface area (Å²) in [6.45, 7) is 6.17. The standard InChI is InChI=1S/C13H18N2O3/c1-3-18-13-9-11(15(16)17)10(2)8-12(13)14-6-4-5-7-14/h8-9H,3-7H2,1-2H3. The van der Waals surface area contributed by atoms with Crippen molar-refractivity contribution in [3.05, 3.63) is 27.8 Å². The number of benzene rings is 1. The Morgan fingerprint density at radius 3 is 2.61 bits per heavy atom. The second-order valence-electron chi connectivity index (χ2n) is 4.49. The van der Waals surface area contributed by atoms with E-state index < -0.39 is 0 Å². The van der Waals surface area contributed by atoms with Gasteiger partial charge in [-0.2, -0.15) is 0 Å². The summed E-state index contributed by atoms with van der Waals surface area (Å²) in [6.07, 6.45) is 2.34. The molecule has 0 unspecified atom stereocenters. The SMILES string of the molecule is CCOc1cc([N+](=O)[O-])c(C)cc1N1CCCC1. The van der Waals surface area contributed by atoms with Gasteiger partial charge in [-0.3, -0.25) is 10.1 Å². The molecular formula is C13H18N2O3. The van der Waals surface area contributed by atoms with Gasteiger partial charge in [0.2, 0.25) is 0 Å². The van der Waals surface area contributed by atoms with E-state index in [0.717, 1.165) is 18.8 Å². The van der Waals surface area contributed by atoms with Crippen LogP contribution in [0.1, 0.15) is 25.3 Å². The minimum atomic E-state index is -0.356. The number of nitro groups is 1. The molecule has 2 rings (SSSR count). The van der Waals surface area contributed by atoms with Gasteiger partial charge in [0.15, 0.2) is 0 Å². The van der Waals surface area contributed by atoms with Crippen molar-refractivity contribution < 1.29 is 9.66 Å². The third kappa shape index (κ3) is 2.39. The second kappa shape index (κ2) is 5.25. The quantitative estimate of drug-likeness (QED) is 0.609. The van der Waals surface area contributed by atoms with Crippen molar-refractivity contribution in [2.75, 3.05) is 24.6 Å². The minimum absolute atomic E-state index is 0.126. The smallest absolute Gasteiger partial charge is 0.276 e. The minimum Gasteiger partial charge on any atom is -0.491 e. The van der Waals surface area contributed by atoms with E-state index in [2.05, 4.69) is 4.90 Å². The first kappa shape index (κ1) is 12.7. The second-order valence-corrected chi connectivity index (χ2v) is 4.49. The van der Waals surface area contributed by atoms with Gasteiger partial charge in [-0.25, -0.2) is 0 Å². The third-order valence-corrected chi connectivity index (χ3v) is 3.22. The van der Waals surface area contributed by atoms with Crippen LogP contribution in [0.25, 0.3) is 0 Å². The molecule has 0 saturated carbocycles. The van der Waals surface area contributed by atoms with Crippen LogP contribution >= 0.6 is 0 Å². The van der Waals surface area contributed by atoms with Crippen molar-refractivity contribution in [1.82, 2.24) is 0 Å². The lowest BCUT2D eigenvalue weighted by molar-refractivity contribution is -0.385. The van der Waals surface area contributed by atoms with Gasteiger partial charge in [0, 0.05) is 18.7 Å². The van der Waals surface area contributed by atoms with Crippen LogP contribution < -0.4 is 9.64 Å². The zero-order valence-corrected chi connectivity index (χ0v) is 10.8. The molecule has 0 spiro atoms. The number of hydrogen-bond donors (Lipinski definition) is 0. The van der Waals surface area contributed by atoms with Crippen molar-refractivity contribution in [3.8, 4) is 5.75 Å². The molecule has 0 atom stereocenters. The highest BCUT2D eigenvalue weighted by Crippen LogP contribution is 2.36. The first-order chi connectivity index (χ1) is 8.63. The van der Waals surface area contributed by atoms with Crippen molar-refractivity contribution in [1.29, 1.82) is 0 Å². The molecule has 0 aliphatic carbocycles.